The van der Waals surface area contributed by atoms with Crippen molar-refractivity contribution in [3.8, 4) is 0 Å². The van der Waals surface area contributed by atoms with Gasteiger partial charge in [0, 0.05) is 30.1 Å². The van der Waals surface area contributed by atoms with Gasteiger partial charge in [0.05, 0.1) is 5.41 Å². The van der Waals surface area contributed by atoms with Crippen molar-refractivity contribution in [3.05, 3.63) is 23.9 Å². The van der Waals surface area contributed by atoms with Crippen molar-refractivity contribution >= 4 is 12.2 Å². The van der Waals surface area contributed by atoms with Gasteiger partial charge in [0.15, 0.2) is 0 Å². The molecule has 1 saturated heterocycles. The second-order valence-electron chi connectivity index (χ2n) is 7.92. The fourth-order valence-electron chi connectivity index (χ4n) is 3.33. The van der Waals surface area contributed by atoms with E-state index in [9.17, 15) is 9.59 Å². The highest BCUT2D eigenvalue weighted by atomic mass is 16.2. The van der Waals surface area contributed by atoms with Gasteiger partial charge in [-0.15, -0.1) is 0 Å². The Kier molecular flexibility index (Phi) is 5.30. The Balaban J connectivity index is 1.87. The number of rotatable bonds is 4. The number of aldehydes is 1. The minimum atomic E-state index is -0.515. The second-order valence-corrected chi connectivity index (χ2v) is 7.92. The van der Waals surface area contributed by atoms with E-state index in [1.807, 2.05) is 39.0 Å². The lowest BCUT2D eigenvalue weighted by molar-refractivity contribution is -0.128. The molecule has 2 aliphatic rings. The van der Waals surface area contributed by atoms with Crippen LogP contribution in [0.3, 0.4) is 0 Å². The molecule has 0 spiro atoms. The molecular formula is C18H29N3O2. The van der Waals surface area contributed by atoms with Crippen LogP contribution in [-0.4, -0.2) is 42.3 Å². The standard InChI is InChI=1S/C18H29N3O2/c1-17(2,3)20-16(23)14-6-9-21(10-7-14)12-18(13-22)8-4-5-15(19)11-18/h4-5,8,13-14H,6-7,9-12,19H2,1-3H3,(H,20,23). The number of nitrogens with zero attached hydrogens (tertiary/aromatic N) is 1. The van der Waals surface area contributed by atoms with Crippen LogP contribution in [-0.2, 0) is 9.59 Å². The summed E-state index contributed by atoms with van der Waals surface area (Å²) in [6.07, 6.45) is 8.95. The fraction of sp³-hybridized carbons (Fsp3) is 0.667. The zero-order chi connectivity index (χ0) is 17.1. The highest BCUT2D eigenvalue weighted by Gasteiger charge is 2.34. The Morgan fingerprint density at radius 1 is 1.43 bits per heavy atom. The van der Waals surface area contributed by atoms with Gasteiger partial charge in [-0.25, -0.2) is 0 Å². The largest absolute Gasteiger partial charge is 0.402 e. The third-order valence-electron chi connectivity index (χ3n) is 4.48. The fourth-order valence-corrected chi connectivity index (χ4v) is 3.33. The van der Waals surface area contributed by atoms with Gasteiger partial charge in [-0.1, -0.05) is 12.2 Å². The molecule has 1 unspecified atom stereocenters. The van der Waals surface area contributed by atoms with Gasteiger partial charge in [-0.2, -0.15) is 0 Å². The molecule has 1 amide bonds. The third kappa shape index (κ3) is 4.93. The van der Waals surface area contributed by atoms with Crippen LogP contribution in [0.2, 0.25) is 0 Å². The van der Waals surface area contributed by atoms with Gasteiger partial charge in [-0.3, -0.25) is 4.79 Å². The number of hydrogen-bond donors (Lipinski definition) is 2. The quantitative estimate of drug-likeness (QED) is 0.772. The van der Waals surface area contributed by atoms with Crippen LogP contribution >= 0.6 is 0 Å². The van der Waals surface area contributed by atoms with Crippen LogP contribution in [0, 0.1) is 11.3 Å². The van der Waals surface area contributed by atoms with Gasteiger partial charge in [-0.05, 0) is 52.8 Å². The first-order valence-electron chi connectivity index (χ1n) is 8.38. The highest BCUT2D eigenvalue weighted by Crippen LogP contribution is 2.30. The lowest BCUT2D eigenvalue weighted by Crippen LogP contribution is -2.48. The SMILES string of the molecule is CC(C)(C)NC(=O)C1CCN(CC2(C=O)C=CC=C(N)C2)CC1. The zero-order valence-electron chi connectivity index (χ0n) is 14.5. The van der Waals surface area contributed by atoms with Gasteiger partial charge in [0.1, 0.15) is 6.29 Å². The molecule has 2 rings (SSSR count). The third-order valence-corrected chi connectivity index (χ3v) is 4.48. The van der Waals surface area contributed by atoms with E-state index in [0.717, 1.165) is 37.9 Å². The number of nitrogens with two attached hydrogens (primary N) is 1. The average Bonchev–Trinajstić information content (AvgIpc) is 2.46. The number of carbonyl (C=O) groups excluding carboxylic acids is 2. The first kappa shape index (κ1) is 17.7. The van der Waals surface area contributed by atoms with Gasteiger partial charge < -0.3 is 20.7 Å². The first-order chi connectivity index (χ1) is 10.7. The predicted octanol–water partition coefficient (Wildman–Crippen LogP) is 1.60. The van der Waals surface area contributed by atoms with Crippen molar-refractivity contribution in [1.82, 2.24) is 10.2 Å². The van der Waals surface area contributed by atoms with E-state index < -0.39 is 5.41 Å². The van der Waals surface area contributed by atoms with Gasteiger partial charge in [0.2, 0.25) is 5.91 Å². The summed E-state index contributed by atoms with van der Waals surface area (Å²) in [5.74, 6) is 0.219. The molecule has 0 radical (unpaired) electrons. The summed E-state index contributed by atoms with van der Waals surface area (Å²) >= 11 is 0. The summed E-state index contributed by atoms with van der Waals surface area (Å²) in [6, 6.07) is 0. The Labute approximate surface area is 139 Å². The van der Waals surface area contributed by atoms with Crippen LogP contribution in [0.5, 0.6) is 0 Å². The maximum atomic E-state index is 12.3. The summed E-state index contributed by atoms with van der Waals surface area (Å²) < 4.78 is 0. The van der Waals surface area contributed by atoms with E-state index in [-0.39, 0.29) is 17.4 Å². The van der Waals surface area contributed by atoms with Crippen LogP contribution in [0.25, 0.3) is 0 Å². The van der Waals surface area contributed by atoms with Gasteiger partial charge >= 0.3 is 0 Å². The molecule has 1 fully saturated rings. The normalized spacial score (nSPS) is 26.7. The van der Waals surface area contributed by atoms with Crippen LogP contribution in [0.15, 0.2) is 23.9 Å². The van der Waals surface area contributed by atoms with Crippen molar-refractivity contribution in [2.75, 3.05) is 19.6 Å². The number of allylic oxidation sites excluding steroid dienone is 3. The predicted molar refractivity (Wildman–Crippen MR) is 91.6 cm³/mol. The monoisotopic (exact) mass is 319 g/mol. The molecule has 1 aliphatic carbocycles. The van der Waals surface area contributed by atoms with E-state index in [1.54, 1.807) is 0 Å². The van der Waals surface area contributed by atoms with Crippen LogP contribution in [0.4, 0.5) is 0 Å². The van der Waals surface area contributed by atoms with Crippen LogP contribution < -0.4 is 11.1 Å². The average molecular weight is 319 g/mol. The molecule has 0 saturated carbocycles. The molecule has 5 nitrogen and oxygen atoms in total. The lowest BCUT2D eigenvalue weighted by Gasteiger charge is -2.38. The Morgan fingerprint density at radius 2 is 2.09 bits per heavy atom. The highest BCUT2D eigenvalue weighted by molar-refractivity contribution is 5.79. The Hall–Kier alpha value is -1.62. The molecule has 128 valence electrons. The summed E-state index contributed by atoms with van der Waals surface area (Å²) in [7, 11) is 0. The molecule has 3 N–H and O–H groups in total. The topological polar surface area (TPSA) is 75.4 Å². The molecule has 1 aliphatic heterocycles. The number of nitrogens with one attached hydrogen (secondary N) is 1. The molecule has 0 aromatic carbocycles. The maximum absolute atomic E-state index is 12.3. The van der Waals surface area contributed by atoms with E-state index >= 15 is 0 Å². The number of hydrogen-bond acceptors (Lipinski definition) is 4. The van der Waals surface area contributed by atoms with Crippen molar-refractivity contribution in [1.29, 1.82) is 0 Å². The van der Waals surface area contributed by atoms with E-state index in [0.29, 0.717) is 13.0 Å². The van der Waals surface area contributed by atoms with Crippen molar-refractivity contribution in [2.45, 2.75) is 45.6 Å². The molecule has 5 heteroatoms. The summed E-state index contributed by atoms with van der Waals surface area (Å²) in [5.41, 5.74) is 5.94. The van der Waals surface area contributed by atoms with Crippen LogP contribution in [0.1, 0.15) is 40.0 Å². The number of likely N-dealkylation sites (tertiary alicyclic amines) is 1. The van der Waals surface area contributed by atoms with Crippen molar-refractivity contribution < 1.29 is 9.59 Å². The van der Waals surface area contributed by atoms with E-state index in [4.69, 9.17) is 5.73 Å². The smallest absolute Gasteiger partial charge is 0.223 e. The Bertz CT molecular complexity index is 511. The van der Waals surface area contributed by atoms with E-state index in [1.165, 1.54) is 0 Å². The van der Waals surface area contributed by atoms with Crippen molar-refractivity contribution in [3.63, 3.8) is 0 Å². The molecule has 0 aromatic heterocycles. The number of piperidine rings is 1. The minimum absolute atomic E-state index is 0.0736. The lowest BCUT2D eigenvalue weighted by atomic mass is 9.80. The zero-order valence-corrected chi connectivity index (χ0v) is 14.5. The molecular weight excluding hydrogens is 290 g/mol. The van der Waals surface area contributed by atoms with Crippen molar-refractivity contribution in [2.24, 2.45) is 17.1 Å². The molecule has 1 atom stereocenters. The molecule has 1 heterocycles. The second kappa shape index (κ2) is 6.87. The maximum Gasteiger partial charge on any atom is 0.223 e. The summed E-state index contributed by atoms with van der Waals surface area (Å²) in [5, 5.41) is 3.06. The Morgan fingerprint density at radius 3 is 2.61 bits per heavy atom. The summed E-state index contributed by atoms with van der Waals surface area (Å²) in [4.78, 5) is 26.1. The molecule has 0 aromatic rings. The van der Waals surface area contributed by atoms with E-state index in [2.05, 4.69) is 10.2 Å². The number of amides is 1. The van der Waals surface area contributed by atoms with Gasteiger partial charge in [0.25, 0.3) is 0 Å². The minimum Gasteiger partial charge on any atom is -0.402 e. The molecule has 23 heavy (non-hydrogen) atoms. The summed E-state index contributed by atoms with van der Waals surface area (Å²) in [6.45, 7) is 8.36. The first-order valence-corrected chi connectivity index (χ1v) is 8.38. The number of carbonyl (C=O) groups is 2. The molecule has 0 bridgehead atoms.